The van der Waals surface area contributed by atoms with E-state index in [1.54, 1.807) is 27.8 Å². The van der Waals surface area contributed by atoms with Gasteiger partial charge in [0.15, 0.2) is 0 Å². The van der Waals surface area contributed by atoms with E-state index in [0.717, 1.165) is 5.56 Å². The number of hydrogen-bond acceptors (Lipinski definition) is 6. The molecule has 8 heteroatoms. The SMILES string of the molecule is CNCc1cc(S(=O)(=O)NCc2c(C)noc2C)c(C)o1. The minimum absolute atomic E-state index is 0.134. The van der Waals surface area contributed by atoms with Gasteiger partial charge >= 0.3 is 0 Å². The normalized spacial score (nSPS) is 12.0. The first-order chi connectivity index (χ1) is 9.85. The Bertz CT molecular complexity index is 711. The minimum atomic E-state index is -3.64. The van der Waals surface area contributed by atoms with Crippen LogP contribution >= 0.6 is 0 Å². The summed E-state index contributed by atoms with van der Waals surface area (Å²) >= 11 is 0. The second kappa shape index (κ2) is 6.00. The van der Waals surface area contributed by atoms with Crippen molar-refractivity contribution >= 4 is 10.0 Å². The van der Waals surface area contributed by atoms with Gasteiger partial charge < -0.3 is 14.3 Å². The molecule has 0 aliphatic rings. The summed E-state index contributed by atoms with van der Waals surface area (Å²) in [5.41, 5.74) is 1.42. The first-order valence-electron chi connectivity index (χ1n) is 6.50. The molecule has 0 spiro atoms. The molecule has 2 rings (SSSR count). The summed E-state index contributed by atoms with van der Waals surface area (Å²) in [7, 11) is -1.87. The zero-order valence-electron chi connectivity index (χ0n) is 12.5. The quantitative estimate of drug-likeness (QED) is 0.836. The summed E-state index contributed by atoms with van der Waals surface area (Å²) in [5, 5.41) is 6.71. The van der Waals surface area contributed by atoms with E-state index in [-0.39, 0.29) is 11.4 Å². The largest absolute Gasteiger partial charge is 0.464 e. The lowest BCUT2D eigenvalue weighted by Crippen LogP contribution is -2.24. The van der Waals surface area contributed by atoms with Crippen LogP contribution in [0.4, 0.5) is 0 Å². The highest BCUT2D eigenvalue weighted by molar-refractivity contribution is 7.89. The third-order valence-corrected chi connectivity index (χ3v) is 4.69. The van der Waals surface area contributed by atoms with Crippen LogP contribution in [0.25, 0.3) is 0 Å². The summed E-state index contributed by atoms with van der Waals surface area (Å²) < 4.78 is 37.7. The van der Waals surface area contributed by atoms with Gasteiger partial charge in [-0.1, -0.05) is 5.16 Å². The van der Waals surface area contributed by atoms with Crippen molar-refractivity contribution in [2.24, 2.45) is 0 Å². The van der Waals surface area contributed by atoms with Crippen LogP contribution in [-0.4, -0.2) is 20.6 Å². The van der Waals surface area contributed by atoms with Crippen molar-refractivity contribution in [2.45, 2.75) is 38.8 Å². The maximum atomic E-state index is 12.3. The molecule has 0 radical (unpaired) electrons. The number of nitrogens with zero attached hydrogens (tertiary/aromatic N) is 1. The minimum Gasteiger partial charge on any atom is -0.464 e. The zero-order valence-corrected chi connectivity index (χ0v) is 13.3. The molecule has 0 bridgehead atoms. The predicted molar refractivity (Wildman–Crippen MR) is 76.2 cm³/mol. The molecule has 0 saturated heterocycles. The zero-order chi connectivity index (χ0) is 15.6. The van der Waals surface area contributed by atoms with Crippen molar-refractivity contribution in [1.29, 1.82) is 0 Å². The van der Waals surface area contributed by atoms with Gasteiger partial charge in [-0.25, -0.2) is 13.1 Å². The third kappa shape index (κ3) is 3.34. The number of sulfonamides is 1. The van der Waals surface area contributed by atoms with Crippen LogP contribution < -0.4 is 10.0 Å². The Morgan fingerprint density at radius 3 is 2.48 bits per heavy atom. The van der Waals surface area contributed by atoms with Gasteiger partial charge in [0.05, 0.1) is 12.2 Å². The fraction of sp³-hybridized carbons (Fsp3) is 0.462. The molecule has 2 heterocycles. The number of aromatic nitrogens is 1. The highest BCUT2D eigenvalue weighted by atomic mass is 32.2. The number of rotatable bonds is 6. The summed E-state index contributed by atoms with van der Waals surface area (Å²) in [6.45, 7) is 5.76. The third-order valence-electron chi connectivity index (χ3n) is 3.18. The number of hydrogen-bond donors (Lipinski definition) is 2. The standard InChI is InChI=1S/C13H19N3O4S/c1-8-12(9(2)20-16-8)7-15-21(17,18)13-5-11(6-14-4)19-10(13)3/h5,14-15H,6-7H2,1-4H3. The first kappa shape index (κ1) is 15.7. The summed E-state index contributed by atoms with van der Waals surface area (Å²) in [6, 6.07) is 1.53. The van der Waals surface area contributed by atoms with E-state index in [1.165, 1.54) is 6.07 Å². The van der Waals surface area contributed by atoms with Crippen molar-refractivity contribution in [3.8, 4) is 0 Å². The van der Waals surface area contributed by atoms with E-state index in [0.29, 0.717) is 29.5 Å². The molecule has 0 saturated carbocycles. The molecule has 2 aromatic rings. The van der Waals surface area contributed by atoms with Crippen LogP contribution in [0.5, 0.6) is 0 Å². The molecule has 0 fully saturated rings. The molecule has 7 nitrogen and oxygen atoms in total. The lowest BCUT2D eigenvalue weighted by Gasteiger charge is -2.05. The van der Waals surface area contributed by atoms with Crippen LogP contribution in [0.3, 0.4) is 0 Å². The van der Waals surface area contributed by atoms with Gasteiger partial charge in [0.1, 0.15) is 22.2 Å². The predicted octanol–water partition coefficient (Wildman–Crippen LogP) is 1.39. The fourth-order valence-electron chi connectivity index (χ4n) is 2.05. The van der Waals surface area contributed by atoms with Crippen LogP contribution in [0.2, 0.25) is 0 Å². The van der Waals surface area contributed by atoms with E-state index in [4.69, 9.17) is 8.94 Å². The van der Waals surface area contributed by atoms with Crippen molar-refractivity contribution in [3.63, 3.8) is 0 Å². The highest BCUT2D eigenvalue weighted by Gasteiger charge is 2.22. The van der Waals surface area contributed by atoms with E-state index < -0.39 is 10.0 Å². The molecule has 0 aliphatic carbocycles. The van der Waals surface area contributed by atoms with Gasteiger partial charge in [0.2, 0.25) is 10.0 Å². The van der Waals surface area contributed by atoms with Crippen molar-refractivity contribution in [3.05, 3.63) is 34.6 Å². The summed E-state index contributed by atoms with van der Waals surface area (Å²) in [5.74, 6) is 1.55. The van der Waals surface area contributed by atoms with E-state index in [1.807, 2.05) is 0 Å². The lowest BCUT2D eigenvalue weighted by molar-refractivity contribution is 0.392. The van der Waals surface area contributed by atoms with Gasteiger partial charge in [-0.05, 0) is 27.8 Å². The van der Waals surface area contributed by atoms with Crippen molar-refractivity contribution in [1.82, 2.24) is 15.2 Å². The number of furan rings is 1. The van der Waals surface area contributed by atoms with Gasteiger partial charge in [-0.15, -0.1) is 0 Å². The maximum Gasteiger partial charge on any atom is 0.244 e. The van der Waals surface area contributed by atoms with Gasteiger partial charge in [-0.2, -0.15) is 0 Å². The molecular weight excluding hydrogens is 294 g/mol. The van der Waals surface area contributed by atoms with Crippen LogP contribution in [0, 0.1) is 20.8 Å². The smallest absolute Gasteiger partial charge is 0.244 e. The van der Waals surface area contributed by atoms with Crippen LogP contribution in [0.15, 0.2) is 19.9 Å². The van der Waals surface area contributed by atoms with Crippen LogP contribution in [0.1, 0.15) is 28.5 Å². The molecular formula is C13H19N3O4S. The molecule has 21 heavy (non-hydrogen) atoms. The molecule has 0 aromatic carbocycles. The molecule has 0 unspecified atom stereocenters. The van der Waals surface area contributed by atoms with Gasteiger partial charge in [0.25, 0.3) is 0 Å². The topological polar surface area (TPSA) is 97.4 Å². The van der Waals surface area contributed by atoms with Crippen molar-refractivity contribution in [2.75, 3.05) is 7.05 Å². The number of aryl methyl sites for hydroxylation is 3. The number of nitrogens with one attached hydrogen (secondary N) is 2. The molecule has 2 aromatic heterocycles. The second-order valence-corrected chi connectivity index (χ2v) is 6.53. The Morgan fingerprint density at radius 1 is 1.19 bits per heavy atom. The Morgan fingerprint density at radius 2 is 1.90 bits per heavy atom. The average molecular weight is 313 g/mol. The van der Waals surface area contributed by atoms with Gasteiger partial charge in [-0.3, -0.25) is 0 Å². The van der Waals surface area contributed by atoms with Gasteiger partial charge in [0, 0.05) is 18.2 Å². The average Bonchev–Trinajstić information content (AvgIpc) is 2.92. The summed E-state index contributed by atoms with van der Waals surface area (Å²) in [4.78, 5) is 0.152. The van der Waals surface area contributed by atoms with E-state index >= 15 is 0 Å². The first-order valence-corrected chi connectivity index (χ1v) is 7.98. The Hall–Kier alpha value is -1.64. The molecule has 2 N–H and O–H groups in total. The molecule has 0 amide bonds. The summed E-state index contributed by atoms with van der Waals surface area (Å²) in [6.07, 6.45) is 0. The molecule has 0 aliphatic heterocycles. The Balaban J connectivity index is 2.19. The molecule has 116 valence electrons. The monoisotopic (exact) mass is 313 g/mol. The Labute approximate surface area is 123 Å². The maximum absolute atomic E-state index is 12.3. The highest BCUT2D eigenvalue weighted by Crippen LogP contribution is 2.21. The Kier molecular flexibility index (Phi) is 4.50. The van der Waals surface area contributed by atoms with E-state index in [9.17, 15) is 8.42 Å². The van der Waals surface area contributed by atoms with Crippen molar-refractivity contribution < 1.29 is 17.4 Å². The second-order valence-electron chi connectivity index (χ2n) is 4.79. The van der Waals surface area contributed by atoms with E-state index in [2.05, 4.69) is 15.2 Å². The van der Waals surface area contributed by atoms with Crippen LogP contribution in [-0.2, 0) is 23.1 Å². The lowest BCUT2D eigenvalue weighted by atomic mass is 10.2. The molecule has 0 atom stereocenters. The fourth-order valence-corrected chi connectivity index (χ4v) is 3.25.